The van der Waals surface area contributed by atoms with Gasteiger partial charge in [0, 0.05) is 24.8 Å². The molecule has 2 aromatic rings. The van der Waals surface area contributed by atoms with Crippen LogP contribution in [0.5, 0.6) is 0 Å². The third kappa shape index (κ3) is 2.53. The van der Waals surface area contributed by atoms with E-state index in [0.29, 0.717) is 0 Å². The zero-order valence-corrected chi connectivity index (χ0v) is 11.9. The molecule has 0 amide bonds. The lowest BCUT2D eigenvalue weighted by Gasteiger charge is -2.15. The van der Waals surface area contributed by atoms with Gasteiger partial charge in [0.25, 0.3) is 0 Å². The van der Waals surface area contributed by atoms with Crippen molar-refractivity contribution < 1.29 is 0 Å². The summed E-state index contributed by atoms with van der Waals surface area (Å²) < 4.78 is 0. The van der Waals surface area contributed by atoms with Crippen molar-refractivity contribution in [2.45, 2.75) is 25.3 Å². The second-order valence-corrected chi connectivity index (χ2v) is 6.32. The Morgan fingerprint density at radius 2 is 1.85 bits per heavy atom. The van der Waals surface area contributed by atoms with Gasteiger partial charge in [-0.05, 0) is 54.6 Å². The van der Waals surface area contributed by atoms with E-state index in [0.717, 1.165) is 18.5 Å². The highest BCUT2D eigenvalue weighted by atomic mass is 15.2. The molecule has 1 saturated heterocycles. The van der Waals surface area contributed by atoms with Crippen molar-refractivity contribution in [1.29, 1.82) is 0 Å². The van der Waals surface area contributed by atoms with Gasteiger partial charge in [-0.15, -0.1) is 0 Å². The predicted molar refractivity (Wildman–Crippen MR) is 85.1 cm³/mol. The Morgan fingerprint density at radius 1 is 1.00 bits per heavy atom. The second kappa shape index (κ2) is 5.10. The summed E-state index contributed by atoms with van der Waals surface area (Å²) in [7, 11) is 0. The van der Waals surface area contributed by atoms with E-state index < -0.39 is 0 Å². The van der Waals surface area contributed by atoms with Gasteiger partial charge in [-0.1, -0.05) is 30.3 Å². The summed E-state index contributed by atoms with van der Waals surface area (Å²) in [6.07, 6.45) is 4.23. The third-order valence-electron chi connectivity index (χ3n) is 4.72. The van der Waals surface area contributed by atoms with Gasteiger partial charge in [-0.3, -0.25) is 0 Å². The second-order valence-electron chi connectivity index (χ2n) is 6.32. The fourth-order valence-electron chi connectivity index (χ4n) is 3.36. The highest BCUT2D eigenvalue weighted by Gasteiger charge is 2.34. The first-order valence-corrected chi connectivity index (χ1v) is 7.85. The molecule has 2 fully saturated rings. The normalized spacial score (nSPS) is 23.3. The lowest BCUT2D eigenvalue weighted by molar-refractivity contribution is 0.316. The molecule has 0 spiro atoms. The van der Waals surface area contributed by atoms with Gasteiger partial charge in [0.2, 0.25) is 0 Å². The molecule has 1 N–H and O–H groups in total. The van der Waals surface area contributed by atoms with Gasteiger partial charge in [0.1, 0.15) is 0 Å². The molecule has 4 rings (SSSR count). The van der Waals surface area contributed by atoms with Crippen LogP contribution in [0.3, 0.4) is 0 Å². The Morgan fingerprint density at radius 3 is 2.70 bits per heavy atom. The largest absolute Gasteiger partial charge is 0.385 e. The van der Waals surface area contributed by atoms with E-state index in [1.807, 2.05) is 0 Å². The number of benzene rings is 2. The monoisotopic (exact) mass is 266 g/mol. The van der Waals surface area contributed by atoms with Gasteiger partial charge in [-0.25, -0.2) is 0 Å². The van der Waals surface area contributed by atoms with Crippen LogP contribution in [-0.2, 0) is 0 Å². The Bertz CT molecular complexity index is 603. The van der Waals surface area contributed by atoms with Crippen LogP contribution in [0.15, 0.2) is 42.5 Å². The highest BCUT2D eigenvalue weighted by molar-refractivity contribution is 5.85. The molecule has 104 valence electrons. The molecule has 2 aromatic carbocycles. The van der Waals surface area contributed by atoms with Gasteiger partial charge < -0.3 is 10.2 Å². The van der Waals surface area contributed by atoms with Gasteiger partial charge in [0.05, 0.1) is 0 Å². The molecule has 1 aliphatic heterocycles. The van der Waals surface area contributed by atoms with Gasteiger partial charge >= 0.3 is 0 Å². The first kappa shape index (κ1) is 12.2. The molecule has 0 aromatic heterocycles. The van der Waals surface area contributed by atoms with E-state index in [4.69, 9.17) is 0 Å². The Balaban J connectivity index is 1.38. The third-order valence-corrected chi connectivity index (χ3v) is 4.72. The number of nitrogens with zero attached hydrogens (tertiary/aromatic N) is 1. The van der Waals surface area contributed by atoms with E-state index in [1.165, 1.54) is 48.8 Å². The molecule has 2 heteroatoms. The molecule has 2 nitrogen and oxygen atoms in total. The van der Waals surface area contributed by atoms with E-state index in [9.17, 15) is 0 Å². The van der Waals surface area contributed by atoms with Crippen LogP contribution < -0.4 is 5.32 Å². The number of hydrogen-bond acceptors (Lipinski definition) is 2. The minimum absolute atomic E-state index is 0.821. The molecule has 1 saturated carbocycles. The smallest absolute Gasteiger partial charge is 0.0346 e. The van der Waals surface area contributed by atoms with E-state index in [1.54, 1.807) is 0 Å². The van der Waals surface area contributed by atoms with E-state index in [-0.39, 0.29) is 0 Å². The maximum Gasteiger partial charge on any atom is 0.0346 e. The van der Waals surface area contributed by atoms with Crippen LogP contribution in [0.25, 0.3) is 10.8 Å². The first-order valence-electron chi connectivity index (χ1n) is 7.85. The standard InChI is InChI=1S/C18H22N2/c1-2-4-16-11-17(6-5-15(16)3-1)19-12-14-9-10-20(13-14)18-7-8-18/h1-6,11,14,18-19H,7-10,12-13H2. The predicted octanol–water partition coefficient (Wildman–Crippen LogP) is 3.74. The molecule has 1 aliphatic carbocycles. The minimum Gasteiger partial charge on any atom is -0.385 e. The van der Waals surface area contributed by atoms with Crippen molar-refractivity contribution >= 4 is 16.5 Å². The maximum absolute atomic E-state index is 3.63. The zero-order valence-electron chi connectivity index (χ0n) is 11.9. The summed E-state index contributed by atoms with van der Waals surface area (Å²) in [5.41, 5.74) is 1.26. The lowest BCUT2D eigenvalue weighted by Crippen LogP contribution is -2.24. The van der Waals surface area contributed by atoms with Crippen LogP contribution in [0.4, 0.5) is 5.69 Å². The molecule has 1 unspecified atom stereocenters. The molecule has 20 heavy (non-hydrogen) atoms. The van der Waals surface area contributed by atoms with Crippen LogP contribution in [0, 0.1) is 5.92 Å². The van der Waals surface area contributed by atoms with Crippen molar-refractivity contribution in [1.82, 2.24) is 4.90 Å². The van der Waals surface area contributed by atoms with Crippen molar-refractivity contribution in [3.63, 3.8) is 0 Å². The molecule has 0 bridgehead atoms. The number of fused-ring (bicyclic) bond motifs is 1. The highest BCUT2D eigenvalue weighted by Crippen LogP contribution is 2.31. The molecule has 1 atom stereocenters. The fourth-order valence-corrected chi connectivity index (χ4v) is 3.36. The Kier molecular flexibility index (Phi) is 3.12. The average Bonchev–Trinajstić information content (AvgIpc) is 3.24. The fraction of sp³-hybridized carbons (Fsp3) is 0.444. The van der Waals surface area contributed by atoms with E-state index >= 15 is 0 Å². The summed E-state index contributed by atoms with van der Waals surface area (Å²) in [5, 5.41) is 6.27. The average molecular weight is 266 g/mol. The molecule has 1 heterocycles. The van der Waals surface area contributed by atoms with E-state index in [2.05, 4.69) is 52.7 Å². The van der Waals surface area contributed by atoms with Crippen molar-refractivity contribution in [2.75, 3.05) is 25.0 Å². The SMILES string of the molecule is c1ccc2cc(NCC3CCN(C4CC4)C3)ccc2c1. The molecule has 2 aliphatic rings. The van der Waals surface area contributed by atoms with Crippen LogP contribution in [0.1, 0.15) is 19.3 Å². The lowest BCUT2D eigenvalue weighted by atomic mass is 10.1. The summed E-state index contributed by atoms with van der Waals surface area (Å²) in [5.74, 6) is 0.821. The quantitative estimate of drug-likeness (QED) is 0.907. The first-order chi connectivity index (χ1) is 9.88. The zero-order chi connectivity index (χ0) is 13.4. The van der Waals surface area contributed by atoms with Crippen LogP contribution in [0.2, 0.25) is 0 Å². The minimum atomic E-state index is 0.821. The number of rotatable bonds is 4. The van der Waals surface area contributed by atoms with Gasteiger partial charge in [0.15, 0.2) is 0 Å². The molecule has 0 radical (unpaired) electrons. The topological polar surface area (TPSA) is 15.3 Å². The Labute approximate surface area is 120 Å². The molecular weight excluding hydrogens is 244 g/mol. The number of anilines is 1. The van der Waals surface area contributed by atoms with Crippen LogP contribution >= 0.6 is 0 Å². The number of nitrogens with one attached hydrogen (secondary N) is 1. The summed E-state index contributed by atoms with van der Waals surface area (Å²) in [4.78, 5) is 2.69. The van der Waals surface area contributed by atoms with Crippen molar-refractivity contribution in [3.8, 4) is 0 Å². The van der Waals surface area contributed by atoms with Crippen LogP contribution in [-0.4, -0.2) is 30.6 Å². The van der Waals surface area contributed by atoms with Crippen molar-refractivity contribution in [2.24, 2.45) is 5.92 Å². The van der Waals surface area contributed by atoms with Gasteiger partial charge in [-0.2, -0.15) is 0 Å². The van der Waals surface area contributed by atoms with Crippen molar-refractivity contribution in [3.05, 3.63) is 42.5 Å². The number of hydrogen-bond donors (Lipinski definition) is 1. The maximum atomic E-state index is 3.63. The Hall–Kier alpha value is -1.54. The summed E-state index contributed by atoms with van der Waals surface area (Å²) in [6, 6.07) is 16.2. The number of likely N-dealkylation sites (tertiary alicyclic amines) is 1. The summed E-state index contributed by atoms with van der Waals surface area (Å²) in [6.45, 7) is 3.72. The molecular formula is C18H22N2. The summed E-state index contributed by atoms with van der Waals surface area (Å²) >= 11 is 0.